The van der Waals surface area contributed by atoms with Crippen molar-refractivity contribution in [1.29, 1.82) is 0 Å². The van der Waals surface area contributed by atoms with Crippen molar-refractivity contribution in [2.24, 2.45) is 0 Å². The van der Waals surface area contributed by atoms with Gasteiger partial charge in [0.15, 0.2) is 0 Å². The van der Waals surface area contributed by atoms with Crippen molar-refractivity contribution >= 4 is 118 Å². The Hall–Kier alpha value is -13.4. The molecule has 0 saturated heterocycles. The molecular formula is C120H112BN5. The van der Waals surface area contributed by atoms with Crippen LogP contribution in [-0.2, 0) is 32.5 Å². The molecule has 2 aliphatic rings. The first-order valence-corrected chi connectivity index (χ1v) is 44.1. The van der Waals surface area contributed by atoms with Gasteiger partial charge in [0, 0.05) is 89.3 Å². The summed E-state index contributed by atoms with van der Waals surface area (Å²) in [6, 6.07) is 91.2. The second-order valence-electron chi connectivity index (χ2n) is 40.5. The van der Waals surface area contributed by atoms with E-state index in [1.54, 1.807) is 29.2 Å². The number of fused-ring (bicyclic) bond motifs is 10. The van der Waals surface area contributed by atoms with Gasteiger partial charge in [0.2, 0.25) is 0 Å². The van der Waals surface area contributed by atoms with Gasteiger partial charge in [-0.15, -0.1) is 0 Å². The lowest BCUT2D eigenvalue weighted by Crippen LogP contribution is -2.61. The van der Waals surface area contributed by atoms with E-state index in [0.29, 0.717) is 17.1 Å². The van der Waals surface area contributed by atoms with Crippen molar-refractivity contribution in [3.8, 4) is 67.0 Å². The van der Waals surface area contributed by atoms with Gasteiger partial charge in [0.05, 0.1) is 56.9 Å². The van der Waals surface area contributed by atoms with Gasteiger partial charge in [0.1, 0.15) is 0 Å². The fourth-order valence-corrected chi connectivity index (χ4v) is 18.9. The van der Waals surface area contributed by atoms with Crippen molar-refractivity contribution in [3.63, 3.8) is 0 Å². The molecule has 0 spiro atoms. The predicted molar refractivity (Wildman–Crippen MR) is 543 cm³/mol. The maximum atomic E-state index is 10.6. The largest absolute Gasteiger partial charge is 0.310 e. The summed E-state index contributed by atoms with van der Waals surface area (Å²) in [5, 5.41) is 2.05. The lowest BCUT2D eigenvalue weighted by molar-refractivity contribution is 0.569. The summed E-state index contributed by atoms with van der Waals surface area (Å²) in [4.78, 5) is 6.72. The molecule has 0 N–H and O–H groups in total. The van der Waals surface area contributed by atoms with Crippen LogP contribution in [0.4, 0.5) is 51.2 Å². The number of hydrogen-bond donors (Lipinski definition) is 0. The highest BCUT2D eigenvalue weighted by molar-refractivity contribution is 7.00. The molecule has 16 aromatic carbocycles. The number of para-hydroxylation sites is 3. The van der Waals surface area contributed by atoms with E-state index in [1.807, 2.05) is 0 Å². The van der Waals surface area contributed by atoms with Gasteiger partial charge in [-0.25, -0.2) is 0 Å². The second kappa shape index (κ2) is 30.2. The van der Waals surface area contributed by atoms with Crippen molar-refractivity contribution in [2.75, 3.05) is 14.7 Å². The third-order valence-electron chi connectivity index (χ3n) is 25.9. The molecule has 0 saturated carbocycles. The summed E-state index contributed by atoms with van der Waals surface area (Å²) in [6.07, 6.45) is 0. The summed E-state index contributed by atoms with van der Waals surface area (Å²) in [5.41, 5.74) is 25.7. The minimum Gasteiger partial charge on any atom is -0.310 e. The molecule has 20 rings (SSSR count). The molecule has 0 unspecified atom stereocenters. The summed E-state index contributed by atoms with van der Waals surface area (Å²) in [6.45, 7) is 40.2. The molecule has 126 heavy (non-hydrogen) atoms. The van der Waals surface area contributed by atoms with Crippen LogP contribution in [0.5, 0.6) is 0 Å². The van der Waals surface area contributed by atoms with E-state index in [-0.39, 0.29) is 60.5 Å². The Balaban J connectivity index is 1.02. The lowest BCUT2D eigenvalue weighted by atomic mass is 9.33. The fraction of sp³-hybridized carbons (Fsp3) is 0.200. The number of anilines is 9. The molecule has 2 aromatic heterocycles. The minimum absolute atomic E-state index is 0.0850. The topological polar surface area (TPSA) is 19.6 Å². The molecule has 0 amide bonds. The first-order chi connectivity index (χ1) is 65.7. The van der Waals surface area contributed by atoms with Crippen molar-refractivity contribution < 1.29 is 17.8 Å². The standard InChI is InChI=1S/C120H112BN5/c1-115(2,3)83-53-62-106-100(68-83)101-69-84(116(4,5)6)54-63-107(101)124(106)92-59-61-103-109(74-92)126(114-98(79-42-28-21-29-43-79)72-88(120(16,17)18)73-99(114)80-44-30-22-31-45-80)111-76-93(122(89-46-32-23-33-47-89)90-55-57-91(58-56-90)123-104-50-36-34-48-94(104)95-49-35-37-51-105(95)123)75-110-112(111)121(103)102-60-52-81(82-64-85(117(7,8)9)67-86(65-82)118(10,11)12)66-108(102)125(110)113-96(77-38-24-19-25-39-77)70-87(119(13,14)15)71-97(113)78-40-26-20-27-41-78/h19-76H,1-18H3/i23D,32D,33D,34D,35D,36D,37D,46D,47D,48D,49D,50D,51D. The van der Waals surface area contributed by atoms with Crippen LogP contribution in [0.2, 0.25) is 0 Å². The van der Waals surface area contributed by atoms with Crippen LogP contribution in [0.15, 0.2) is 352 Å². The minimum atomic E-state index is -0.626. The van der Waals surface area contributed by atoms with E-state index < -0.39 is 96.1 Å². The third kappa shape index (κ3) is 14.1. The molecule has 0 atom stereocenters. The lowest BCUT2D eigenvalue weighted by Gasteiger charge is -2.46. The first-order valence-electron chi connectivity index (χ1n) is 50.6. The van der Waals surface area contributed by atoms with Gasteiger partial charge in [-0.1, -0.05) is 349 Å². The Morgan fingerprint density at radius 2 is 0.611 bits per heavy atom. The highest BCUT2D eigenvalue weighted by Crippen LogP contribution is 2.57. The Morgan fingerprint density at radius 3 is 1.02 bits per heavy atom. The van der Waals surface area contributed by atoms with Crippen LogP contribution in [0.1, 0.15) is 176 Å². The van der Waals surface area contributed by atoms with E-state index in [2.05, 4.69) is 388 Å². The summed E-state index contributed by atoms with van der Waals surface area (Å²) in [5.74, 6) is 0. The number of nitrogens with zero attached hydrogens (tertiary/aromatic N) is 5. The Morgan fingerprint density at radius 1 is 0.246 bits per heavy atom. The zero-order valence-corrected chi connectivity index (χ0v) is 75.3. The Bertz CT molecular complexity index is 7820. The van der Waals surface area contributed by atoms with Crippen LogP contribution in [0, 0.1) is 0 Å². The van der Waals surface area contributed by atoms with Gasteiger partial charge in [-0.3, -0.25) is 0 Å². The molecular weight excluding hydrogens is 1520 g/mol. The van der Waals surface area contributed by atoms with Gasteiger partial charge < -0.3 is 23.8 Å². The van der Waals surface area contributed by atoms with Crippen molar-refractivity contribution in [1.82, 2.24) is 9.13 Å². The molecule has 0 aliphatic carbocycles. The average molecular weight is 1650 g/mol. The normalized spacial score (nSPS) is 14.6. The van der Waals surface area contributed by atoms with Gasteiger partial charge in [-0.05, 0) is 243 Å². The van der Waals surface area contributed by atoms with Gasteiger partial charge in [-0.2, -0.15) is 0 Å². The molecule has 0 radical (unpaired) electrons. The second-order valence-corrected chi connectivity index (χ2v) is 40.5. The zero-order valence-electron chi connectivity index (χ0n) is 88.3. The maximum absolute atomic E-state index is 10.6. The first kappa shape index (κ1) is 67.1. The average Bonchev–Trinajstić information content (AvgIpc) is 1.69. The zero-order chi connectivity index (χ0) is 98.7. The summed E-state index contributed by atoms with van der Waals surface area (Å²) in [7, 11) is 0. The molecule has 0 fully saturated rings. The van der Waals surface area contributed by atoms with Crippen molar-refractivity contribution in [2.45, 2.75) is 157 Å². The monoisotopic (exact) mass is 1650 g/mol. The number of rotatable bonds is 12. The molecule has 6 heteroatoms. The molecule has 620 valence electrons. The molecule has 0 bridgehead atoms. The fourth-order valence-electron chi connectivity index (χ4n) is 18.9. The SMILES string of the molecule is [2H]c1c([2H])c([2H])c(N(c2ccc(-n3c4c([2H])c([2H])c([2H])c([2H])c4c4c([2H])c([2H])c([2H])c([2H])c43)cc2)c2cc3c4c(c2)N(c2c(-c5ccccc5)cc(C(C)(C)C)cc2-c2ccccc2)c2cc(-n5c6ccc(C(C)(C)C)cc6c6cc(C(C)(C)C)ccc65)ccc2B4c2ccc(-c4cc(C(C)(C)C)cc(C(C)(C)C)c4)cc2N3c2c(-c3ccccc3)cc(C(C)(C)C)cc2-c2ccccc2)c([2H])c1[2H]. The van der Waals surface area contributed by atoms with E-state index in [9.17, 15) is 15.1 Å². The van der Waals surface area contributed by atoms with E-state index in [0.717, 1.165) is 133 Å². The quantitative estimate of drug-likeness (QED) is 0.114. The molecule has 18 aromatic rings. The van der Waals surface area contributed by atoms with Crippen LogP contribution < -0.4 is 31.1 Å². The number of benzene rings is 16. The van der Waals surface area contributed by atoms with Crippen molar-refractivity contribution in [3.05, 3.63) is 385 Å². The van der Waals surface area contributed by atoms with Gasteiger partial charge >= 0.3 is 0 Å². The highest BCUT2D eigenvalue weighted by Gasteiger charge is 2.47. The Kier molecular flexibility index (Phi) is 16.1. The number of hydrogen-bond acceptors (Lipinski definition) is 3. The molecule has 5 nitrogen and oxygen atoms in total. The summed E-state index contributed by atoms with van der Waals surface area (Å²) < 4.78 is 129. The van der Waals surface area contributed by atoms with Crippen LogP contribution in [0.25, 0.3) is 111 Å². The van der Waals surface area contributed by atoms with Crippen LogP contribution in [-0.4, -0.2) is 15.8 Å². The highest BCUT2D eigenvalue weighted by atomic mass is 15.2. The van der Waals surface area contributed by atoms with Gasteiger partial charge in [0.25, 0.3) is 6.71 Å². The maximum Gasteiger partial charge on any atom is 0.252 e. The number of aromatic nitrogens is 2. The third-order valence-corrected chi connectivity index (χ3v) is 25.9. The van der Waals surface area contributed by atoms with E-state index >= 15 is 0 Å². The molecule has 4 heterocycles. The van der Waals surface area contributed by atoms with Crippen LogP contribution >= 0.6 is 0 Å². The summed E-state index contributed by atoms with van der Waals surface area (Å²) >= 11 is 0. The molecule has 2 aliphatic heterocycles. The van der Waals surface area contributed by atoms with E-state index in [1.165, 1.54) is 26.8 Å². The predicted octanol–water partition coefficient (Wildman–Crippen LogP) is 31.6. The Labute approximate surface area is 764 Å². The van der Waals surface area contributed by atoms with E-state index in [4.69, 9.17) is 2.74 Å². The van der Waals surface area contributed by atoms with Crippen LogP contribution in [0.3, 0.4) is 0 Å². The smallest absolute Gasteiger partial charge is 0.252 e.